The lowest BCUT2D eigenvalue weighted by Gasteiger charge is -2.17. The highest BCUT2D eigenvalue weighted by molar-refractivity contribution is 7.89. The molecule has 0 aliphatic rings. The Labute approximate surface area is 107 Å². The van der Waals surface area contributed by atoms with Crippen LogP contribution in [0.15, 0.2) is 29.2 Å². The summed E-state index contributed by atoms with van der Waals surface area (Å²) in [4.78, 5) is -0.0350. The molecule has 1 aromatic carbocycles. The summed E-state index contributed by atoms with van der Waals surface area (Å²) in [6.07, 6.45) is 2.10. The van der Waals surface area contributed by atoms with Crippen LogP contribution in [0.1, 0.15) is 19.3 Å². The summed E-state index contributed by atoms with van der Waals surface area (Å²) in [6, 6.07) is 4.98. The highest BCUT2D eigenvalue weighted by Crippen LogP contribution is 2.15. The first kappa shape index (κ1) is 15.1. The van der Waals surface area contributed by atoms with Gasteiger partial charge in [0.25, 0.3) is 0 Å². The van der Waals surface area contributed by atoms with Crippen LogP contribution in [0.5, 0.6) is 0 Å². The molecular weight excluding hydrogens is 257 g/mol. The summed E-state index contributed by atoms with van der Waals surface area (Å²) in [7, 11) is -2.15. The molecule has 1 N–H and O–H groups in total. The van der Waals surface area contributed by atoms with Crippen LogP contribution in [0.4, 0.5) is 4.39 Å². The van der Waals surface area contributed by atoms with Gasteiger partial charge in [0, 0.05) is 20.2 Å². The normalized spacial score (nSPS) is 12.0. The summed E-state index contributed by atoms with van der Waals surface area (Å²) >= 11 is 0. The van der Waals surface area contributed by atoms with Crippen LogP contribution in [0.2, 0.25) is 0 Å². The lowest BCUT2D eigenvalue weighted by Crippen LogP contribution is -2.28. The van der Waals surface area contributed by atoms with Crippen LogP contribution in [0.25, 0.3) is 0 Å². The Morgan fingerprint density at radius 3 is 2.61 bits per heavy atom. The maximum Gasteiger partial charge on any atom is 0.242 e. The topological polar surface area (TPSA) is 57.6 Å². The minimum absolute atomic E-state index is 0.0350. The van der Waals surface area contributed by atoms with Gasteiger partial charge in [0.1, 0.15) is 5.82 Å². The number of rotatable bonds is 7. The smallest absolute Gasteiger partial charge is 0.242 e. The van der Waals surface area contributed by atoms with Gasteiger partial charge in [-0.25, -0.2) is 17.1 Å². The molecule has 0 saturated heterocycles. The number of hydrogen-bond acceptors (Lipinski definition) is 3. The zero-order valence-electron chi connectivity index (χ0n) is 10.3. The van der Waals surface area contributed by atoms with E-state index in [9.17, 15) is 12.8 Å². The molecule has 1 aromatic rings. The van der Waals surface area contributed by atoms with Gasteiger partial charge >= 0.3 is 0 Å². The molecule has 0 saturated carbocycles. The maximum absolute atomic E-state index is 13.0. The molecule has 0 aromatic heterocycles. The van der Waals surface area contributed by atoms with Gasteiger partial charge in [0.15, 0.2) is 0 Å². The van der Waals surface area contributed by atoms with Crippen molar-refractivity contribution in [3.8, 4) is 0 Å². The SMILES string of the molecule is CN(CCCCCO)S(=O)(=O)c1cccc(F)c1. The van der Waals surface area contributed by atoms with E-state index in [1.54, 1.807) is 0 Å². The van der Waals surface area contributed by atoms with Gasteiger partial charge in [0.05, 0.1) is 4.90 Å². The molecule has 0 atom stereocenters. The summed E-state index contributed by atoms with van der Waals surface area (Å²) in [6.45, 7) is 0.471. The number of aliphatic hydroxyl groups is 1. The molecule has 0 aliphatic heterocycles. The van der Waals surface area contributed by atoms with Crippen LogP contribution in [0.3, 0.4) is 0 Å². The van der Waals surface area contributed by atoms with E-state index in [1.165, 1.54) is 29.6 Å². The predicted octanol–water partition coefficient (Wildman–Crippen LogP) is 1.61. The lowest BCUT2D eigenvalue weighted by molar-refractivity contribution is 0.281. The molecule has 1 rings (SSSR count). The van der Waals surface area contributed by atoms with E-state index in [1.807, 2.05) is 0 Å². The molecule has 0 fully saturated rings. The summed E-state index contributed by atoms with van der Waals surface area (Å²) < 4.78 is 38.3. The van der Waals surface area contributed by atoms with Crippen molar-refractivity contribution < 1.29 is 17.9 Å². The standard InChI is InChI=1S/C12H18FNO3S/c1-14(8-3-2-4-9-15)18(16,17)12-7-5-6-11(13)10-12/h5-7,10,15H,2-4,8-9H2,1H3. The number of hydrogen-bond donors (Lipinski definition) is 1. The Kier molecular flexibility index (Phi) is 5.71. The number of halogens is 1. The number of sulfonamides is 1. The van der Waals surface area contributed by atoms with Gasteiger partial charge in [-0.3, -0.25) is 0 Å². The second-order valence-corrected chi connectivity index (χ2v) is 6.11. The lowest BCUT2D eigenvalue weighted by atomic mass is 10.2. The van der Waals surface area contributed by atoms with Gasteiger partial charge in [-0.05, 0) is 37.5 Å². The first-order valence-corrected chi connectivity index (χ1v) is 7.25. The minimum atomic E-state index is -3.62. The highest BCUT2D eigenvalue weighted by Gasteiger charge is 2.20. The second-order valence-electron chi connectivity index (χ2n) is 4.07. The molecule has 6 heteroatoms. The Morgan fingerprint density at radius 2 is 2.00 bits per heavy atom. The largest absolute Gasteiger partial charge is 0.396 e. The Balaban J connectivity index is 2.68. The number of aliphatic hydroxyl groups excluding tert-OH is 1. The molecule has 4 nitrogen and oxygen atoms in total. The van der Waals surface area contributed by atoms with Crippen molar-refractivity contribution in [1.82, 2.24) is 4.31 Å². The highest BCUT2D eigenvalue weighted by atomic mass is 32.2. The molecular formula is C12H18FNO3S. The molecule has 18 heavy (non-hydrogen) atoms. The molecule has 102 valence electrons. The van der Waals surface area contributed by atoms with Crippen LogP contribution < -0.4 is 0 Å². The van der Waals surface area contributed by atoms with Crippen molar-refractivity contribution in [2.45, 2.75) is 24.2 Å². The molecule has 0 bridgehead atoms. The molecule has 0 amide bonds. The maximum atomic E-state index is 13.0. The van der Waals surface area contributed by atoms with E-state index in [-0.39, 0.29) is 11.5 Å². The van der Waals surface area contributed by atoms with E-state index in [4.69, 9.17) is 5.11 Å². The van der Waals surface area contributed by atoms with Crippen molar-refractivity contribution in [3.05, 3.63) is 30.1 Å². The second kappa shape index (κ2) is 6.82. The van der Waals surface area contributed by atoms with Gasteiger partial charge in [-0.2, -0.15) is 0 Å². The Morgan fingerprint density at radius 1 is 1.28 bits per heavy atom. The summed E-state index contributed by atoms with van der Waals surface area (Å²) in [5, 5.41) is 8.63. The van der Waals surface area contributed by atoms with Gasteiger partial charge < -0.3 is 5.11 Å². The van der Waals surface area contributed by atoms with E-state index < -0.39 is 15.8 Å². The van der Waals surface area contributed by atoms with Crippen LogP contribution in [0, 0.1) is 5.82 Å². The zero-order valence-corrected chi connectivity index (χ0v) is 11.2. The van der Waals surface area contributed by atoms with Crippen molar-refractivity contribution >= 4 is 10.0 Å². The van der Waals surface area contributed by atoms with E-state index in [0.29, 0.717) is 19.4 Å². The van der Waals surface area contributed by atoms with E-state index in [0.717, 1.165) is 12.5 Å². The molecule has 0 unspecified atom stereocenters. The average molecular weight is 275 g/mol. The number of benzene rings is 1. The fourth-order valence-electron chi connectivity index (χ4n) is 1.55. The quantitative estimate of drug-likeness (QED) is 0.769. The predicted molar refractivity (Wildman–Crippen MR) is 67.2 cm³/mol. The monoisotopic (exact) mass is 275 g/mol. The molecule has 0 spiro atoms. The summed E-state index contributed by atoms with van der Waals surface area (Å²) in [5.74, 6) is -0.565. The van der Waals surface area contributed by atoms with Crippen LogP contribution in [-0.4, -0.2) is 38.0 Å². The number of nitrogens with zero attached hydrogens (tertiary/aromatic N) is 1. The Hall–Kier alpha value is -0.980. The van der Waals surface area contributed by atoms with Gasteiger partial charge in [-0.1, -0.05) is 6.07 Å². The van der Waals surface area contributed by atoms with E-state index in [2.05, 4.69) is 0 Å². The Bertz CT molecular complexity index is 476. The van der Waals surface area contributed by atoms with Crippen molar-refractivity contribution in [2.24, 2.45) is 0 Å². The van der Waals surface area contributed by atoms with Crippen LogP contribution in [-0.2, 0) is 10.0 Å². The van der Waals surface area contributed by atoms with Crippen molar-refractivity contribution in [3.63, 3.8) is 0 Å². The van der Waals surface area contributed by atoms with Crippen molar-refractivity contribution in [1.29, 1.82) is 0 Å². The summed E-state index contributed by atoms with van der Waals surface area (Å²) in [5.41, 5.74) is 0. The van der Waals surface area contributed by atoms with Gasteiger partial charge in [0.2, 0.25) is 10.0 Å². The third kappa shape index (κ3) is 4.04. The van der Waals surface area contributed by atoms with Gasteiger partial charge in [-0.15, -0.1) is 0 Å². The third-order valence-corrected chi connectivity index (χ3v) is 4.49. The van der Waals surface area contributed by atoms with Crippen LogP contribution >= 0.6 is 0 Å². The van der Waals surface area contributed by atoms with Crippen molar-refractivity contribution in [2.75, 3.05) is 20.2 Å². The minimum Gasteiger partial charge on any atom is -0.396 e. The molecule has 0 radical (unpaired) electrons. The zero-order chi connectivity index (χ0) is 13.6. The number of unbranched alkanes of at least 4 members (excludes halogenated alkanes) is 2. The third-order valence-electron chi connectivity index (χ3n) is 2.64. The fourth-order valence-corrected chi connectivity index (χ4v) is 2.79. The van der Waals surface area contributed by atoms with E-state index >= 15 is 0 Å². The fraction of sp³-hybridized carbons (Fsp3) is 0.500. The molecule has 0 aliphatic carbocycles. The average Bonchev–Trinajstić information content (AvgIpc) is 2.34. The molecule has 0 heterocycles. The first-order chi connectivity index (χ1) is 8.48. The first-order valence-electron chi connectivity index (χ1n) is 5.81.